The van der Waals surface area contributed by atoms with Gasteiger partial charge in [-0.05, 0) is 60.6 Å². The van der Waals surface area contributed by atoms with Crippen LogP contribution < -0.4 is 0 Å². The molecule has 1 aliphatic carbocycles. The summed E-state index contributed by atoms with van der Waals surface area (Å²) in [7, 11) is 0. The van der Waals surface area contributed by atoms with Gasteiger partial charge in [0.2, 0.25) is 5.91 Å². The summed E-state index contributed by atoms with van der Waals surface area (Å²) in [6.07, 6.45) is 9.63. The van der Waals surface area contributed by atoms with Gasteiger partial charge in [0.05, 0.1) is 11.1 Å². The monoisotopic (exact) mass is 392 g/mol. The molecule has 1 unspecified atom stereocenters. The molecule has 3 nitrogen and oxygen atoms in total. The van der Waals surface area contributed by atoms with Crippen molar-refractivity contribution in [3.8, 4) is 0 Å². The van der Waals surface area contributed by atoms with Gasteiger partial charge >= 0.3 is 0 Å². The number of aryl methyl sites for hydroxylation is 2. The van der Waals surface area contributed by atoms with E-state index in [2.05, 4.69) is 30.9 Å². The lowest BCUT2D eigenvalue weighted by Crippen LogP contribution is -2.39. The Kier molecular flexibility index (Phi) is 5.11. The Labute approximate surface area is 171 Å². The van der Waals surface area contributed by atoms with Crippen LogP contribution in [-0.4, -0.2) is 28.9 Å². The number of rotatable bonds is 3. The summed E-state index contributed by atoms with van der Waals surface area (Å²) >= 11 is 6.36. The average Bonchev–Trinajstić information content (AvgIpc) is 2.84. The van der Waals surface area contributed by atoms with Crippen LogP contribution in [0.3, 0.4) is 0 Å². The van der Waals surface area contributed by atoms with Crippen LogP contribution in [-0.2, 0) is 23.1 Å². The fourth-order valence-corrected chi connectivity index (χ4v) is 5.02. The van der Waals surface area contributed by atoms with Crippen LogP contribution in [0, 0.1) is 0 Å². The molecule has 0 N–H and O–H groups in total. The Bertz CT molecular complexity index is 965. The lowest BCUT2D eigenvalue weighted by atomic mass is 9.66. The van der Waals surface area contributed by atoms with E-state index in [1.807, 2.05) is 29.3 Å². The summed E-state index contributed by atoms with van der Waals surface area (Å²) in [5.41, 5.74) is 5.94. The van der Waals surface area contributed by atoms with Crippen molar-refractivity contribution in [3.63, 3.8) is 0 Å². The molecule has 0 fully saturated rings. The van der Waals surface area contributed by atoms with E-state index in [-0.39, 0.29) is 11.3 Å². The lowest BCUT2D eigenvalue weighted by Gasteiger charge is -2.40. The van der Waals surface area contributed by atoms with Gasteiger partial charge in [0.25, 0.3) is 0 Å². The van der Waals surface area contributed by atoms with E-state index in [0.717, 1.165) is 42.9 Å². The lowest BCUT2D eigenvalue weighted by molar-refractivity contribution is -0.128. The van der Waals surface area contributed by atoms with Gasteiger partial charge < -0.3 is 4.90 Å². The maximum atomic E-state index is 11.8. The molecule has 0 saturated heterocycles. The molecular formula is C24H25ClN2O. The van der Waals surface area contributed by atoms with E-state index in [0.29, 0.717) is 6.54 Å². The predicted molar refractivity (Wildman–Crippen MR) is 114 cm³/mol. The SMILES string of the molecule is C=CCC1(C2=CCN(C(C)=O)CC2)c2ccc(Cl)cc2CCc2cccnc21. The summed E-state index contributed by atoms with van der Waals surface area (Å²) in [5.74, 6) is 0.125. The summed E-state index contributed by atoms with van der Waals surface area (Å²) in [5, 5.41) is 0.769. The first kappa shape index (κ1) is 18.9. The van der Waals surface area contributed by atoms with Crippen LogP contribution in [0.5, 0.6) is 0 Å². The number of amides is 1. The van der Waals surface area contributed by atoms with Gasteiger partial charge in [-0.15, -0.1) is 6.58 Å². The van der Waals surface area contributed by atoms with E-state index >= 15 is 0 Å². The van der Waals surface area contributed by atoms with Gasteiger partial charge in [0.15, 0.2) is 0 Å². The minimum absolute atomic E-state index is 0.125. The topological polar surface area (TPSA) is 33.2 Å². The third-order valence-corrected chi connectivity index (χ3v) is 6.37. The van der Waals surface area contributed by atoms with Crippen LogP contribution in [0.1, 0.15) is 42.1 Å². The molecule has 2 aromatic rings. The van der Waals surface area contributed by atoms with Crippen molar-refractivity contribution < 1.29 is 4.79 Å². The smallest absolute Gasteiger partial charge is 0.219 e. The maximum absolute atomic E-state index is 11.8. The molecule has 2 aliphatic rings. The molecule has 4 heteroatoms. The van der Waals surface area contributed by atoms with E-state index in [1.54, 1.807) is 6.92 Å². The zero-order valence-corrected chi connectivity index (χ0v) is 17.0. The standard InChI is InChI=1S/C24H25ClN2O/c1-3-12-24(20-10-14-27(15-11-20)17(2)28)22-9-8-21(25)16-19(22)7-6-18-5-4-13-26-23(18)24/h3-5,8-10,13,16H,1,6-7,11-12,14-15H2,2H3. The number of hydrogen-bond acceptors (Lipinski definition) is 2. The number of allylic oxidation sites excluding steroid dienone is 1. The molecular weight excluding hydrogens is 368 g/mol. The second-order valence-corrected chi connectivity index (χ2v) is 8.09. The second kappa shape index (κ2) is 7.56. The number of pyridine rings is 1. The Balaban J connectivity index is 1.97. The van der Waals surface area contributed by atoms with Gasteiger partial charge in [-0.2, -0.15) is 0 Å². The summed E-state index contributed by atoms with van der Waals surface area (Å²) in [6, 6.07) is 10.5. The molecule has 1 aromatic carbocycles. The number of halogens is 1. The highest BCUT2D eigenvalue weighted by Crippen LogP contribution is 2.48. The maximum Gasteiger partial charge on any atom is 0.219 e. The number of benzene rings is 1. The predicted octanol–water partition coefficient (Wildman–Crippen LogP) is 4.87. The first-order valence-electron chi connectivity index (χ1n) is 9.85. The molecule has 1 aliphatic heterocycles. The fourth-order valence-electron chi connectivity index (χ4n) is 4.83. The van der Waals surface area contributed by atoms with Gasteiger partial charge in [-0.3, -0.25) is 9.78 Å². The minimum atomic E-state index is -0.350. The molecule has 144 valence electrons. The zero-order valence-electron chi connectivity index (χ0n) is 16.2. The molecule has 0 bridgehead atoms. The first-order valence-corrected chi connectivity index (χ1v) is 10.2. The molecule has 28 heavy (non-hydrogen) atoms. The van der Waals surface area contributed by atoms with Crippen LogP contribution in [0.25, 0.3) is 0 Å². The third-order valence-electron chi connectivity index (χ3n) is 6.14. The van der Waals surface area contributed by atoms with E-state index in [9.17, 15) is 4.79 Å². The molecule has 1 aromatic heterocycles. The van der Waals surface area contributed by atoms with Crippen molar-refractivity contribution in [3.05, 3.63) is 88.2 Å². The molecule has 0 saturated carbocycles. The van der Waals surface area contributed by atoms with Crippen molar-refractivity contribution >= 4 is 17.5 Å². The Hall–Kier alpha value is -2.39. The summed E-state index contributed by atoms with van der Waals surface area (Å²) in [6.45, 7) is 7.11. The Morgan fingerprint density at radius 2 is 2.11 bits per heavy atom. The molecule has 4 rings (SSSR count). The number of aromatic nitrogens is 1. The second-order valence-electron chi connectivity index (χ2n) is 7.66. The molecule has 2 heterocycles. The van der Waals surface area contributed by atoms with Gasteiger partial charge in [-0.1, -0.05) is 41.5 Å². The van der Waals surface area contributed by atoms with Crippen LogP contribution >= 0.6 is 11.6 Å². The van der Waals surface area contributed by atoms with Crippen molar-refractivity contribution in [2.24, 2.45) is 0 Å². The van der Waals surface area contributed by atoms with E-state index in [4.69, 9.17) is 16.6 Å². The van der Waals surface area contributed by atoms with Crippen molar-refractivity contribution in [1.82, 2.24) is 9.88 Å². The van der Waals surface area contributed by atoms with Crippen LogP contribution in [0.15, 0.2) is 60.8 Å². The number of nitrogens with zero attached hydrogens (tertiary/aromatic N) is 2. The number of carbonyl (C=O) groups is 1. The Morgan fingerprint density at radius 1 is 1.29 bits per heavy atom. The van der Waals surface area contributed by atoms with Crippen molar-refractivity contribution in [2.45, 2.75) is 38.0 Å². The number of carbonyl (C=O) groups excluding carboxylic acids is 1. The summed E-state index contributed by atoms with van der Waals surface area (Å²) < 4.78 is 0. The first-order chi connectivity index (χ1) is 13.6. The highest BCUT2D eigenvalue weighted by Gasteiger charge is 2.43. The van der Waals surface area contributed by atoms with Gasteiger partial charge in [0, 0.05) is 31.2 Å². The van der Waals surface area contributed by atoms with Gasteiger partial charge in [0.1, 0.15) is 0 Å². The highest BCUT2D eigenvalue weighted by atomic mass is 35.5. The average molecular weight is 393 g/mol. The normalized spacial score (nSPS) is 21.2. The minimum Gasteiger partial charge on any atom is -0.339 e. The van der Waals surface area contributed by atoms with Gasteiger partial charge in [-0.25, -0.2) is 0 Å². The quantitative estimate of drug-likeness (QED) is 0.698. The highest BCUT2D eigenvalue weighted by molar-refractivity contribution is 6.30. The Morgan fingerprint density at radius 3 is 2.82 bits per heavy atom. The third kappa shape index (κ3) is 3.08. The molecule has 1 atom stereocenters. The van der Waals surface area contributed by atoms with Crippen LogP contribution in [0.2, 0.25) is 5.02 Å². The number of fused-ring (bicyclic) bond motifs is 2. The summed E-state index contributed by atoms with van der Waals surface area (Å²) in [4.78, 5) is 18.6. The fraction of sp³-hybridized carbons (Fsp3) is 0.333. The molecule has 1 amide bonds. The number of hydrogen-bond donors (Lipinski definition) is 0. The van der Waals surface area contributed by atoms with Crippen molar-refractivity contribution in [2.75, 3.05) is 13.1 Å². The van der Waals surface area contributed by atoms with E-state index in [1.165, 1.54) is 22.3 Å². The van der Waals surface area contributed by atoms with Crippen LogP contribution in [0.4, 0.5) is 0 Å². The largest absolute Gasteiger partial charge is 0.339 e. The van der Waals surface area contributed by atoms with E-state index < -0.39 is 0 Å². The molecule has 0 spiro atoms. The molecule has 0 radical (unpaired) electrons. The zero-order chi connectivity index (χ0) is 19.7. The van der Waals surface area contributed by atoms with Crippen molar-refractivity contribution in [1.29, 1.82) is 0 Å².